The lowest BCUT2D eigenvalue weighted by Crippen LogP contribution is -2.24. The third-order valence-corrected chi connectivity index (χ3v) is 9.35. The molecule has 0 radical (unpaired) electrons. The van der Waals surface area contributed by atoms with Gasteiger partial charge in [-0.2, -0.15) is 0 Å². The van der Waals surface area contributed by atoms with Gasteiger partial charge in [-0.05, 0) is 69.1 Å². The monoisotopic (exact) mass is 582 g/mol. The number of nitrogens with two attached hydrogens (primary N) is 1. The smallest absolute Gasteiger partial charge is 0.205 e. The SMILES string of the molecule is CC1(C)c2cnccc2-c2c1c1c(c3ccccc23)c2ccccc2n1C(N)=N/C(=C\CC1=CCC=CC=C1)c1ccccc1. The maximum Gasteiger partial charge on any atom is 0.205 e. The molecule has 2 aliphatic rings. The minimum atomic E-state index is -0.294. The fourth-order valence-electron chi connectivity index (χ4n) is 7.29. The maximum absolute atomic E-state index is 7.20. The third-order valence-electron chi connectivity index (χ3n) is 9.35. The van der Waals surface area contributed by atoms with Gasteiger partial charge >= 0.3 is 0 Å². The van der Waals surface area contributed by atoms with E-state index in [0.29, 0.717) is 5.96 Å². The molecule has 4 nitrogen and oxygen atoms in total. The molecule has 0 fully saturated rings. The van der Waals surface area contributed by atoms with Crippen molar-refractivity contribution in [1.82, 2.24) is 9.55 Å². The Labute approximate surface area is 263 Å². The van der Waals surface area contributed by atoms with Crippen LogP contribution in [0.4, 0.5) is 0 Å². The van der Waals surface area contributed by atoms with Crippen LogP contribution in [0.25, 0.3) is 49.4 Å². The van der Waals surface area contributed by atoms with Crippen LogP contribution in [0.1, 0.15) is 43.4 Å². The Kier molecular flexibility index (Phi) is 6.38. The van der Waals surface area contributed by atoms with Crippen LogP contribution in [0, 0.1) is 0 Å². The van der Waals surface area contributed by atoms with Gasteiger partial charge in [0.1, 0.15) is 0 Å². The van der Waals surface area contributed by atoms with Crippen molar-refractivity contribution in [3.05, 3.63) is 156 Å². The Hall–Kier alpha value is -5.48. The van der Waals surface area contributed by atoms with Gasteiger partial charge in [-0.15, -0.1) is 0 Å². The number of benzene rings is 4. The number of nitrogens with zero attached hydrogens (tertiary/aromatic N) is 3. The van der Waals surface area contributed by atoms with Gasteiger partial charge in [-0.1, -0.05) is 123 Å². The number of hydrogen-bond donors (Lipinski definition) is 1. The summed E-state index contributed by atoms with van der Waals surface area (Å²) in [6.45, 7) is 4.61. The Bertz CT molecular complexity index is 2290. The summed E-state index contributed by atoms with van der Waals surface area (Å²) >= 11 is 0. The largest absolute Gasteiger partial charge is 0.369 e. The Morgan fingerprint density at radius 2 is 1.67 bits per heavy atom. The molecule has 2 aromatic heterocycles. The summed E-state index contributed by atoms with van der Waals surface area (Å²) in [5, 5.41) is 4.84. The number of allylic oxidation sites excluding steroid dienone is 7. The molecule has 2 aliphatic carbocycles. The second-order valence-electron chi connectivity index (χ2n) is 12.3. The zero-order valence-corrected chi connectivity index (χ0v) is 25.5. The number of rotatable bonds is 4. The summed E-state index contributed by atoms with van der Waals surface area (Å²) in [5.41, 5.74) is 17.2. The second-order valence-corrected chi connectivity index (χ2v) is 12.3. The van der Waals surface area contributed by atoms with Gasteiger partial charge in [0.2, 0.25) is 5.96 Å². The van der Waals surface area contributed by atoms with Crippen molar-refractivity contribution >= 4 is 44.2 Å². The van der Waals surface area contributed by atoms with Crippen molar-refractivity contribution in [2.24, 2.45) is 10.7 Å². The summed E-state index contributed by atoms with van der Waals surface area (Å²) in [5.74, 6) is 0.450. The van der Waals surface area contributed by atoms with E-state index in [1.165, 1.54) is 49.4 Å². The number of pyridine rings is 1. The van der Waals surface area contributed by atoms with E-state index in [1.54, 1.807) is 0 Å². The number of aromatic nitrogens is 2. The van der Waals surface area contributed by atoms with E-state index in [2.05, 4.69) is 139 Å². The zero-order valence-electron chi connectivity index (χ0n) is 25.5. The van der Waals surface area contributed by atoms with Gasteiger partial charge in [-0.25, -0.2) is 4.99 Å². The maximum atomic E-state index is 7.20. The molecule has 0 amide bonds. The molecular weight excluding hydrogens is 548 g/mol. The molecule has 8 rings (SSSR count). The van der Waals surface area contributed by atoms with Gasteiger partial charge in [-0.3, -0.25) is 9.55 Å². The molecular formula is C41H34N4. The van der Waals surface area contributed by atoms with E-state index in [-0.39, 0.29) is 5.41 Å². The molecule has 4 heteroatoms. The van der Waals surface area contributed by atoms with E-state index in [1.807, 2.05) is 18.5 Å². The van der Waals surface area contributed by atoms with Crippen LogP contribution in [0.15, 0.2) is 144 Å². The van der Waals surface area contributed by atoms with Crippen molar-refractivity contribution in [1.29, 1.82) is 0 Å². The molecule has 2 N–H and O–H groups in total. The van der Waals surface area contributed by atoms with E-state index >= 15 is 0 Å². The van der Waals surface area contributed by atoms with Crippen LogP contribution < -0.4 is 5.73 Å². The standard InChI is InChI=1S/C41H34N4/c1-41(2)33-26-43-25-24-31(33)36-29-18-10-11-19-30(29)37-32-20-12-13-21-35(32)45(39(37)38(36)41)40(42)44-34(28-16-8-5-9-17-28)23-22-27-14-6-3-4-7-15-27/h3-6,8-21,23-26H,7,22H2,1-2H3,(H2,42,44)/b34-23-. The van der Waals surface area contributed by atoms with Crippen molar-refractivity contribution in [3.8, 4) is 11.1 Å². The van der Waals surface area contributed by atoms with Gasteiger partial charge < -0.3 is 5.73 Å². The summed E-state index contributed by atoms with van der Waals surface area (Å²) < 4.78 is 2.20. The van der Waals surface area contributed by atoms with E-state index in [0.717, 1.165) is 35.1 Å². The topological polar surface area (TPSA) is 56.2 Å². The minimum Gasteiger partial charge on any atom is -0.369 e. The number of aliphatic imine (C=N–C) groups is 1. The van der Waals surface area contributed by atoms with Crippen molar-refractivity contribution in [2.45, 2.75) is 32.1 Å². The first-order valence-electron chi connectivity index (χ1n) is 15.6. The predicted octanol–water partition coefficient (Wildman–Crippen LogP) is 9.69. The molecule has 0 spiro atoms. The number of para-hydroxylation sites is 1. The number of hydrogen-bond acceptors (Lipinski definition) is 2. The van der Waals surface area contributed by atoms with Gasteiger partial charge in [0, 0.05) is 28.6 Å². The lowest BCUT2D eigenvalue weighted by atomic mass is 9.81. The fourth-order valence-corrected chi connectivity index (χ4v) is 7.29. The van der Waals surface area contributed by atoms with Crippen LogP contribution >= 0.6 is 0 Å². The first-order valence-corrected chi connectivity index (χ1v) is 15.6. The highest BCUT2D eigenvalue weighted by Gasteiger charge is 2.40. The second kappa shape index (κ2) is 10.6. The van der Waals surface area contributed by atoms with Crippen LogP contribution in [0.5, 0.6) is 0 Å². The Morgan fingerprint density at radius 1 is 0.911 bits per heavy atom. The molecule has 45 heavy (non-hydrogen) atoms. The summed E-state index contributed by atoms with van der Waals surface area (Å²) in [4.78, 5) is 9.80. The molecule has 2 heterocycles. The third kappa shape index (κ3) is 4.28. The summed E-state index contributed by atoms with van der Waals surface area (Å²) in [7, 11) is 0. The molecule has 0 aliphatic heterocycles. The summed E-state index contributed by atoms with van der Waals surface area (Å²) in [6, 6.07) is 29.9. The summed E-state index contributed by atoms with van der Waals surface area (Å²) in [6.07, 6.45) is 18.6. The molecule has 4 aromatic carbocycles. The van der Waals surface area contributed by atoms with Crippen LogP contribution in [-0.2, 0) is 5.41 Å². The molecule has 0 saturated heterocycles. The Morgan fingerprint density at radius 3 is 2.51 bits per heavy atom. The molecule has 0 saturated carbocycles. The van der Waals surface area contributed by atoms with E-state index in [9.17, 15) is 0 Å². The molecule has 218 valence electrons. The highest BCUT2D eigenvalue weighted by Crippen LogP contribution is 2.55. The fraction of sp³-hybridized carbons (Fsp3) is 0.122. The lowest BCUT2D eigenvalue weighted by Gasteiger charge is -2.24. The van der Waals surface area contributed by atoms with Gasteiger partial charge in [0.25, 0.3) is 0 Å². The van der Waals surface area contributed by atoms with Crippen molar-refractivity contribution in [3.63, 3.8) is 0 Å². The quantitative estimate of drug-likeness (QED) is 0.166. The normalized spacial score (nSPS) is 15.8. The van der Waals surface area contributed by atoms with Crippen molar-refractivity contribution in [2.75, 3.05) is 0 Å². The highest BCUT2D eigenvalue weighted by atomic mass is 15.2. The average molecular weight is 583 g/mol. The van der Waals surface area contributed by atoms with E-state index in [4.69, 9.17) is 10.7 Å². The van der Waals surface area contributed by atoms with Crippen LogP contribution in [-0.4, -0.2) is 15.5 Å². The first kappa shape index (κ1) is 27.1. The van der Waals surface area contributed by atoms with Gasteiger partial charge in [0.05, 0.1) is 16.7 Å². The van der Waals surface area contributed by atoms with Crippen LogP contribution in [0.2, 0.25) is 0 Å². The molecule has 0 bridgehead atoms. The van der Waals surface area contributed by atoms with Crippen molar-refractivity contribution < 1.29 is 0 Å². The Balaban J connectivity index is 1.44. The van der Waals surface area contributed by atoms with Crippen LogP contribution in [0.3, 0.4) is 0 Å². The molecule has 6 aromatic rings. The predicted molar refractivity (Wildman–Crippen MR) is 189 cm³/mol. The molecule has 0 unspecified atom stereocenters. The minimum absolute atomic E-state index is 0.294. The zero-order chi connectivity index (χ0) is 30.5. The number of fused-ring (bicyclic) bond motifs is 10. The molecule has 0 atom stereocenters. The highest BCUT2D eigenvalue weighted by molar-refractivity contribution is 6.28. The average Bonchev–Trinajstić information content (AvgIpc) is 3.37. The van der Waals surface area contributed by atoms with E-state index < -0.39 is 0 Å². The lowest BCUT2D eigenvalue weighted by molar-refractivity contribution is 0.661. The first-order chi connectivity index (χ1) is 22.0. The van der Waals surface area contributed by atoms with Gasteiger partial charge in [0.15, 0.2) is 0 Å².